The van der Waals surface area contributed by atoms with Gasteiger partial charge in [0, 0.05) is 0 Å². The number of nitrogens with one attached hydrogen (secondary N) is 1. The Morgan fingerprint density at radius 3 is 2.75 bits per heavy atom. The average molecular weight is 362 g/mol. The molecule has 2 aromatic rings. The van der Waals surface area contributed by atoms with Crippen LogP contribution in [0.15, 0.2) is 32.1 Å². The third-order valence-corrected chi connectivity index (χ3v) is 4.44. The fraction of sp³-hybridized carbons (Fsp3) is 0.273. The molecule has 0 fully saturated rings. The molecule has 0 aliphatic carbocycles. The predicted octanol–water partition coefficient (Wildman–Crippen LogP) is 1.63. The highest BCUT2D eigenvalue weighted by atomic mass is 79.9. The minimum absolute atomic E-state index is 0.0627. The van der Waals surface area contributed by atoms with Crippen molar-refractivity contribution in [1.29, 1.82) is 0 Å². The van der Waals surface area contributed by atoms with Crippen molar-refractivity contribution in [3.05, 3.63) is 34.4 Å². The first-order chi connectivity index (χ1) is 9.42. The van der Waals surface area contributed by atoms with Gasteiger partial charge in [-0.15, -0.1) is 0 Å². The lowest BCUT2D eigenvalue weighted by molar-refractivity contribution is 0.372. The van der Waals surface area contributed by atoms with Crippen LogP contribution in [0.4, 0.5) is 0 Å². The Kier molecular flexibility index (Phi) is 4.41. The summed E-state index contributed by atoms with van der Waals surface area (Å²) in [5.41, 5.74) is 0. The second kappa shape index (κ2) is 5.90. The van der Waals surface area contributed by atoms with Gasteiger partial charge >= 0.3 is 0 Å². The third-order valence-electron chi connectivity index (χ3n) is 2.42. The molecule has 2 rings (SSSR count). The Labute approximate surface area is 124 Å². The second-order valence-electron chi connectivity index (χ2n) is 3.86. The molecule has 0 atom stereocenters. The zero-order valence-corrected chi connectivity index (χ0v) is 13.2. The van der Waals surface area contributed by atoms with Crippen LogP contribution in [-0.4, -0.2) is 25.7 Å². The second-order valence-corrected chi connectivity index (χ2v) is 6.48. The van der Waals surface area contributed by atoms with Crippen molar-refractivity contribution in [1.82, 2.24) is 14.9 Å². The van der Waals surface area contributed by atoms with Crippen molar-refractivity contribution in [2.75, 3.05) is 7.11 Å². The van der Waals surface area contributed by atoms with Gasteiger partial charge in [0.05, 0.1) is 23.0 Å². The number of aryl methyl sites for hydroxylation is 1. The summed E-state index contributed by atoms with van der Waals surface area (Å²) in [5.74, 6) is 1.21. The Balaban J connectivity index is 2.15. The van der Waals surface area contributed by atoms with E-state index in [1.807, 2.05) is 0 Å². The number of halogens is 1. The molecule has 0 amide bonds. The van der Waals surface area contributed by atoms with E-state index in [-0.39, 0.29) is 17.3 Å². The van der Waals surface area contributed by atoms with Crippen molar-refractivity contribution in [2.45, 2.75) is 18.4 Å². The number of aromatic nitrogens is 2. The van der Waals surface area contributed by atoms with Crippen LogP contribution in [0.3, 0.4) is 0 Å². The molecule has 7 nitrogen and oxygen atoms in total. The van der Waals surface area contributed by atoms with Gasteiger partial charge in [-0.3, -0.25) is 0 Å². The summed E-state index contributed by atoms with van der Waals surface area (Å²) in [5, 5.41) is 3.58. The van der Waals surface area contributed by atoms with Crippen molar-refractivity contribution >= 4 is 26.0 Å². The summed E-state index contributed by atoms with van der Waals surface area (Å²) < 4.78 is 37.0. The Hall–Kier alpha value is -1.45. The van der Waals surface area contributed by atoms with Crippen LogP contribution in [0.5, 0.6) is 5.75 Å². The summed E-state index contributed by atoms with van der Waals surface area (Å²) in [6.45, 7) is 1.59. The topological polar surface area (TPSA) is 94.3 Å². The Morgan fingerprint density at radius 2 is 2.20 bits per heavy atom. The van der Waals surface area contributed by atoms with Crippen LogP contribution >= 0.6 is 15.9 Å². The first-order valence-electron chi connectivity index (χ1n) is 5.55. The first-order valence-corrected chi connectivity index (χ1v) is 7.82. The number of hydrogen-bond acceptors (Lipinski definition) is 6. The summed E-state index contributed by atoms with van der Waals surface area (Å²) in [6.07, 6.45) is 0. The van der Waals surface area contributed by atoms with Crippen LogP contribution in [0.25, 0.3) is 0 Å². The first kappa shape index (κ1) is 14.9. The number of rotatable bonds is 5. The summed E-state index contributed by atoms with van der Waals surface area (Å²) in [4.78, 5) is 4.03. The molecule has 0 spiro atoms. The maximum atomic E-state index is 12.1. The number of nitrogens with zero attached hydrogens (tertiary/aromatic N) is 2. The van der Waals surface area contributed by atoms with Gasteiger partial charge in [-0.1, -0.05) is 5.16 Å². The van der Waals surface area contributed by atoms with Crippen LogP contribution in [0, 0.1) is 6.92 Å². The molecule has 108 valence electrons. The highest BCUT2D eigenvalue weighted by Gasteiger charge is 2.17. The van der Waals surface area contributed by atoms with E-state index in [9.17, 15) is 8.42 Å². The Morgan fingerprint density at radius 1 is 1.45 bits per heavy atom. The smallest absolute Gasteiger partial charge is 0.241 e. The third kappa shape index (κ3) is 3.35. The largest absolute Gasteiger partial charge is 0.496 e. The molecular weight excluding hydrogens is 350 g/mol. The van der Waals surface area contributed by atoms with E-state index in [2.05, 4.69) is 30.8 Å². The van der Waals surface area contributed by atoms with Gasteiger partial charge in [-0.2, -0.15) is 4.98 Å². The molecule has 0 unspecified atom stereocenters. The van der Waals surface area contributed by atoms with E-state index in [1.165, 1.54) is 19.2 Å². The van der Waals surface area contributed by atoms with Gasteiger partial charge in [0.2, 0.25) is 15.9 Å². The Bertz CT molecular complexity index is 714. The minimum atomic E-state index is -3.66. The molecule has 0 radical (unpaired) electrons. The lowest BCUT2D eigenvalue weighted by atomic mass is 10.3. The molecule has 0 bridgehead atoms. The van der Waals surface area contributed by atoms with E-state index in [1.54, 1.807) is 13.0 Å². The van der Waals surface area contributed by atoms with Gasteiger partial charge < -0.3 is 9.26 Å². The van der Waals surface area contributed by atoms with Crippen LogP contribution in [0.1, 0.15) is 11.7 Å². The van der Waals surface area contributed by atoms with Crippen LogP contribution in [-0.2, 0) is 16.6 Å². The lowest BCUT2D eigenvalue weighted by Crippen LogP contribution is -2.23. The van der Waals surface area contributed by atoms with Gasteiger partial charge in [0.1, 0.15) is 5.75 Å². The zero-order valence-electron chi connectivity index (χ0n) is 10.8. The van der Waals surface area contributed by atoms with Crippen molar-refractivity contribution in [3.8, 4) is 5.75 Å². The quantitative estimate of drug-likeness (QED) is 0.869. The van der Waals surface area contributed by atoms with E-state index < -0.39 is 10.0 Å². The molecule has 20 heavy (non-hydrogen) atoms. The molecule has 0 saturated heterocycles. The van der Waals surface area contributed by atoms with Gasteiger partial charge in [0.15, 0.2) is 5.82 Å². The molecule has 0 aliphatic rings. The molecule has 1 aromatic heterocycles. The van der Waals surface area contributed by atoms with Gasteiger partial charge in [-0.25, -0.2) is 13.1 Å². The zero-order chi connectivity index (χ0) is 14.8. The number of hydrogen-bond donors (Lipinski definition) is 1. The molecular formula is C11H12BrN3O4S. The number of benzene rings is 1. The maximum absolute atomic E-state index is 12.1. The van der Waals surface area contributed by atoms with Crippen molar-refractivity contribution in [3.63, 3.8) is 0 Å². The lowest BCUT2D eigenvalue weighted by Gasteiger charge is -2.07. The van der Waals surface area contributed by atoms with Gasteiger partial charge in [-0.05, 0) is 41.1 Å². The fourth-order valence-electron chi connectivity index (χ4n) is 1.47. The molecule has 1 heterocycles. The summed E-state index contributed by atoms with van der Waals surface area (Å²) in [7, 11) is -2.16. The summed E-state index contributed by atoms with van der Waals surface area (Å²) in [6, 6.07) is 4.47. The highest BCUT2D eigenvalue weighted by Crippen LogP contribution is 2.27. The van der Waals surface area contributed by atoms with E-state index in [0.717, 1.165) is 0 Å². The maximum Gasteiger partial charge on any atom is 0.241 e. The van der Waals surface area contributed by atoms with Crippen molar-refractivity contribution in [2.24, 2.45) is 0 Å². The molecule has 1 N–H and O–H groups in total. The number of sulfonamides is 1. The van der Waals surface area contributed by atoms with Crippen molar-refractivity contribution < 1.29 is 17.7 Å². The highest BCUT2D eigenvalue weighted by molar-refractivity contribution is 9.10. The van der Waals surface area contributed by atoms with E-state index in [0.29, 0.717) is 16.0 Å². The normalized spacial score (nSPS) is 11.6. The van der Waals surface area contributed by atoms with E-state index >= 15 is 0 Å². The monoisotopic (exact) mass is 361 g/mol. The average Bonchev–Trinajstić information content (AvgIpc) is 2.82. The molecule has 0 saturated carbocycles. The minimum Gasteiger partial charge on any atom is -0.496 e. The fourth-order valence-corrected chi connectivity index (χ4v) is 3.16. The number of methoxy groups -OCH3 is 1. The van der Waals surface area contributed by atoms with Gasteiger partial charge in [0.25, 0.3) is 0 Å². The molecule has 1 aromatic carbocycles. The molecule has 9 heteroatoms. The number of ether oxygens (including phenoxy) is 1. The molecule has 0 aliphatic heterocycles. The predicted molar refractivity (Wildman–Crippen MR) is 73.8 cm³/mol. The standard InChI is InChI=1S/C11H12BrN3O4S/c1-7-14-11(19-15-7)6-13-20(16,17)8-3-4-10(18-2)9(12)5-8/h3-5,13H,6H2,1-2H3. The van der Waals surface area contributed by atoms with Crippen LogP contribution < -0.4 is 9.46 Å². The SMILES string of the molecule is COc1ccc(S(=O)(=O)NCc2nc(C)no2)cc1Br. The summed E-state index contributed by atoms with van der Waals surface area (Å²) >= 11 is 3.24. The van der Waals surface area contributed by atoms with E-state index in [4.69, 9.17) is 9.26 Å². The van der Waals surface area contributed by atoms with Crippen LogP contribution in [0.2, 0.25) is 0 Å².